The van der Waals surface area contributed by atoms with Crippen LogP contribution in [0.2, 0.25) is 0 Å². The maximum Gasteiger partial charge on any atom is 0.416 e. The van der Waals surface area contributed by atoms with Crippen LogP contribution in [0.25, 0.3) is 0 Å². The molecule has 102 valence electrons. The van der Waals surface area contributed by atoms with Crippen LogP contribution in [0.5, 0.6) is 5.75 Å². The smallest absolute Gasteiger partial charge is 0.416 e. The summed E-state index contributed by atoms with van der Waals surface area (Å²) < 4.78 is 63.7. The number of nitrogen functional groups attached to an aromatic ring is 1. The Morgan fingerprint density at radius 1 is 1.33 bits per heavy atom. The Morgan fingerprint density at radius 3 is 2.39 bits per heavy atom. The van der Waals surface area contributed by atoms with Crippen LogP contribution < -0.4 is 10.5 Å². The summed E-state index contributed by atoms with van der Waals surface area (Å²) in [6.45, 7) is -0.158. The fourth-order valence-electron chi connectivity index (χ4n) is 1.16. The molecule has 0 aliphatic rings. The van der Waals surface area contributed by atoms with Gasteiger partial charge < -0.3 is 10.5 Å². The number of sulfone groups is 1. The molecule has 0 aliphatic carbocycles. The minimum atomic E-state index is -4.47. The summed E-state index contributed by atoms with van der Waals surface area (Å²) in [5.74, 6) is -0.195. The van der Waals surface area contributed by atoms with E-state index >= 15 is 0 Å². The van der Waals surface area contributed by atoms with Gasteiger partial charge in [0.2, 0.25) is 0 Å². The lowest BCUT2D eigenvalue weighted by molar-refractivity contribution is -0.137. The first-order valence-electron chi connectivity index (χ1n) is 4.87. The van der Waals surface area contributed by atoms with Crippen molar-refractivity contribution in [3.05, 3.63) is 23.8 Å². The van der Waals surface area contributed by atoms with Gasteiger partial charge in [0.15, 0.2) is 9.84 Å². The summed E-state index contributed by atoms with van der Waals surface area (Å²) in [5, 5.41) is 0. The topological polar surface area (TPSA) is 69.4 Å². The maximum absolute atomic E-state index is 12.3. The maximum atomic E-state index is 12.3. The quantitative estimate of drug-likeness (QED) is 0.854. The Labute approximate surface area is 102 Å². The fourth-order valence-corrected chi connectivity index (χ4v) is 1.55. The lowest BCUT2D eigenvalue weighted by atomic mass is 10.2. The van der Waals surface area contributed by atoms with Crippen LogP contribution in [0.3, 0.4) is 0 Å². The van der Waals surface area contributed by atoms with Gasteiger partial charge in [-0.1, -0.05) is 0 Å². The molecule has 18 heavy (non-hydrogen) atoms. The van der Waals surface area contributed by atoms with E-state index in [2.05, 4.69) is 0 Å². The zero-order valence-electron chi connectivity index (χ0n) is 9.49. The van der Waals surface area contributed by atoms with Gasteiger partial charge in [-0.05, 0) is 18.2 Å². The predicted octanol–water partition coefficient (Wildman–Crippen LogP) is 1.71. The largest absolute Gasteiger partial charge is 0.490 e. The lowest BCUT2D eigenvalue weighted by Crippen LogP contribution is -2.13. The molecule has 0 aromatic heterocycles. The van der Waals surface area contributed by atoms with Gasteiger partial charge in [0.25, 0.3) is 0 Å². The van der Waals surface area contributed by atoms with Gasteiger partial charge in [0.05, 0.1) is 17.0 Å². The molecule has 1 rings (SSSR count). The zero-order chi connectivity index (χ0) is 14.0. The molecule has 0 fully saturated rings. The van der Waals surface area contributed by atoms with E-state index in [1.807, 2.05) is 0 Å². The summed E-state index contributed by atoms with van der Waals surface area (Å²) in [6.07, 6.45) is -3.44. The second-order valence-corrected chi connectivity index (χ2v) is 5.99. The summed E-state index contributed by atoms with van der Waals surface area (Å²) in [5.41, 5.74) is 4.33. The van der Waals surface area contributed by atoms with E-state index < -0.39 is 21.6 Å². The average Bonchev–Trinajstić information content (AvgIpc) is 2.17. The van der Waals surface area contributed by atoms with Crippen LogP contribution in [0.1, 0.15) is 5.56 Å². The summed E-state index contributed by atoms with van der Waals surface area (Å²) in [6, 6.07) is 2.64. The number of hydrogen-bond acceptors (Lipinski definition) is 4. The van der Waals surface area contributed by atoms with Crippen LogP contribution in [-0.2, 0) is 16.0 Å². The van der Waals surface area contributed by atoms with Gasteiger partial charge in [-0.15, -0.1) is 0 Å². The summed E-state index contributed by atoms with van der Waals surface area (Å²) in [7, 11) is -3.18. The molecule has 0 radical (unpaired) electrons. The third-order valence-electron chi connectivity index (χ3n) is 2.05. The molecule has 0 saturated carbocycles. The zero-order valence-corrected chi connectivity index (χ0v) is 10.3. The van der Waals surface area contributed by atoms with Gasteiger partial charge in [-0.2, -0.15) is 13.2 Å². The van der Waals surface area contributed by atoms with Crippen molar-refractivity contribution in [2.75, 3.05) is 24.3 Å². The first kappa shape index (κ1) is 14.6. The van der Waals surface area contributed by atoms with Gasteiger partial charge in [-0.3, -0.25) is 0 Å². The molecule has 0 bridgehead atoms. The molecular formula is C10H12F3NO3S. The molecular weight excluding hydrogens is 271 g/mol. The highest BCUT2D eigenvalue weighted by atomic mass is 32.2. The first-order chi connectivity index (χ1) is 8.09. The SMILES string of the molecule is CS(=O)(=O)CCOc1ccc(C(F)(F)F)cc1N. The lowest BCUT2D eigenvalue weighted by Gasteiger charge is -2.11. The number of alkyl halides is 3. The Balaban J connectivity index is 2.75. The number of halogens is 3. The average molecular weight is 283 g/mol. The number of hydrogen-bond donors (Lipinski definition) is 1. The Morgan fingerprint density at radius 2 is 1.94 bits per heavy atom. The highest BCUT2D eigenvalue weighted by Gasteiger charge is 2.30. The third kappa shape index (κ3) is 4.44. The molecule has 0 amide bonds. The molecule has 0 unspecified atom stereocenters. The van der Waals surface area contributed by atoms with Crippen LogP contribution in [0, 0.1) is 0 Å². The molecule has 0 atom stereocenters. The Hall–Kier alpha value is -1.44. The van der Waals surface area contributed by atoms with Crippen LogP contribution in [0.4, 0.5) is 18.9 Å². The predicted molar refractivity (Wildman–Crippen MR) is 61.1 cm³/mol. The molecule has 0 heterocycles. The number of rotatable bonds is 4. The highest BCUT2D eigenvalue weighted by molar-refractivity contribution is 7.90. The highest BCUT2D eigenvalue weighted by Crippen LogP contribution is 2.33. The van der Waals surface area contributed by atoms with Crippen molar-refractivity contribution in [3.63, 3.8) is 0 Å². The standard InChI is InChI=1S/C10H12F3NO3S/c1-18(15,16)5-4-17-9-3-2-7(6-8(9)14)10(11,12)13/h2-3,6H,4-5,14H2,1H3. The summed E-state index contributed by atoms with van der Waals surface area (Å²) >= 11 is 0. The second kappa shape index (κ2) is 5.05. The summed E-state index contributed by atoms with van der Waals surface area (Å²) in [4.78, 5) is 0. The van der Waals surface area contributed by atoms with Crippen molar-refractivity contribution in [3.8, 4) is 5.75 Å². The number of ether oxygens (including phenoxy) is 1. The molecule has 2 N–H and O–H groups in total. The molecule has 1 aromatic carbocycles. The third-order valence-corrected chi connectivity index (χ3v) is 2.96. The number of anilines is 1. The van der Waals surface area contributed by atoms with Crippen LogP contribution in [0.15, 0.2) is 18.2 Å². The van der Waals surface area contributed by atoms with Gasteiger partial charge >= 0.3 is 6.18 Å². The Bertz CT molecular complexity index is 526. The van der Waals surface area contributed by atoms with E-state index in [9.17, 15) is 21.6 Å². The van der Waals surface area contributed by atoms with Crippen molar-refractivity contribution < 1.29 is 26.3 Å². The number of nitrogens with two attached hydrogens (primary N) is 1. The first-order valence-corrected chi connectivity index (χ1v) is 6.93. The van der Waals surface area contributed by atoms with Gasteiger partial charge in [0, 0.05) is 6.26 Å². The van der Waals surface area contributed by atoms with Crippen molar-refractivity contribution in [2.45, 2.75) is 6.18 Å². The van der Waals surface area contributed by atoms with Crippen molar-refractivity contribution in [1.29, 1.82) is 0 Å². The molecule has 8 heteroatoms. The molecule has 4 nitrogen and oxygen atoms in total. The van der Waals surface area contributed by atoms with Crippen LogP contribution in [-0.4, -0.2) is 27.0 Å². The van der Waals surface area contributed by atoms with E-state index in [4.69, 9.17) is 10.5 Å². The van der Waals surface area contributed by atoms with E-state index in [0.29, 0.717) is 0 Å². The van der Waals surface area contributed by atoms with Gasteiger partial charge in [-0.25, -0.2) is 8.42 Å². The van der Waals surface area contributed by atoms with E-state index in [0.717, 1.165) is 24.5 Å². The van der Waals surface area contributed by atoms with E-state index in [-0.39, 0.29) is 23.8 Å². The molecule has 0 saturated heterocycles. The normalized spacial score (nSPS) is 12.4. The minimum absolute atomic E-state index is 0.0339. The monoisotopic (exact) mass is 283 g/mol. The minimum Gasteiger partial charge on any atom is -0.490 e. The Kier molecular flexibility index (Phi) is 4.10. The van der Waals surface area contributed by atoms with Crippen molar-refractivity contribution in [1.82, 2.24) is 0 Å². The second-order valence-electron chi connectivity index (χ2n) is 3.73. The fraction of sp³-hybridized carbons (Fsp3) is 0.400. The molecule has 1 aromatic rings. The van der Waals surface area contributed by atoms with Gasteiger partial charge in [0.1, 0.15) is 12.4 Å². The molecule has 0 spiro atoms. The van der Waals surface area contributed by atoms with E-state index in [1.54, 1.807) is 0 Å². The van der Waals surface area contributed by atoms with Crippen molar-refractivity contribution in [2.24, 2.45) is 0 Å². The number of benzene rings is 1. The molecule has 0 aliphatic heterocycles. The van der Waals surface area contributed by atoms with E-state index in [1.165, 1.54) is 0 Å². The van der Waals surface area contributed by atoms with Crippen molar-refractivity contribution >= 4 is 15.5 Å². The van der Waals surface area contributed by atoms with Crippen LogP contribution >= 0.6 is 0 Å².